The van der Waals surface area contributed by atoms with Gasteiger partial charge in [0, 0.05) is 97.2 Å². The molecule has 6 N–H and O–H groups in total. The minimum Gasteiger partial charge on any atom is -0.374 e. The van der Waals surface area contributed by atoms with E-state index >= 15 is 0 Å². The third-order valence-electron chi connectivity index (χ3n) is 7.43. The van der Waals surface area contributed by atoms with Crippen LogP contribution in [0.3, 0.4) is 0 Å². The van der Waals surface area contributed by atoms with Crippen molar-refractivity contribution < 1.29 is 54.2 Å². The van der Waals surface area contributed by atoms with Crippen molar-refractivity contribution in [2.24, 2.45) is 0 Å². The van der Waals surface area contributed by atoms with Gasteiger partial charge in [-0.05, 0) is 81.6 Å². The molecule has 0 aliphatic heterocycles. The fourth-order valence-corrected chi connectivity index (χ4v) is 13.3. The first-order valence-corrected chi connectivity index (χ1v) is 25.9. The van der Waals surface area contributed by atoms with Crippen LogP contribution in [0.25, 0.3) is 0 Å². The van der Waals surface area contributed by atoms with Gasteiger partial charge >= 0.3 is 44.5 Å². The van der Waals surface area contributed by atoms with Crippen LogP contribution in [-0.2, 0) is 39.8 Å². The molecular formula is C33H69N9O12Si3. The van der Waals surface area contributed by atoms with Gasteiger partial charge in [-0.2, -0.15) is 15.0 Å². The predicted molar refractivity (Wildman–Crippen MR) is 221 cm³/mol. The van der Waals surface area contributed by atoms with E-state index in [9.17, 15) is 14.4 Å². The molecule has 24 heteroatoms. The Morgan fingerprint density at radius 1 is 0.386 bits per heavy atom. The molecule has 6 amide bonds. The van der Waals surface area contributed by atoms with Gasteiger partial charge in [-0.25, -0.2) is 14.4 Å². The minimum absolute atomic E-state index is 0.225. The molecule has 0 aliphatic rings. The number of nitrogens with one attached hydrogen (secondary N) is 6. The number of carbonyl (C=O) groups excluding carboxylic acids is 3. The molecule has 0 bridgehead atoms. The highest BCUT2D eigenvalue weighted by Crippen LogP contribution is 2.20. The van der Waals surface area contributed by atoms with Gasteiger partial charge in [0.2, 0.25) is 17.8 Å². The summed E-state index contributed by atoms with van der Waals surface area (Å²) < 4.78 is 52.9. The van der Waals surface area contributed by atoms with Crippen molar-refractivity contribution >= 4 is 62.4 Å². The molecule has 0 saturated heterocycles. The summed E-state index contributed by atoms with van der Waals surface area (Å²) in [5, 5.41) is 15.9. The lowest BCUT2D eigenvalue weighted by molar-refractivity contribution is 0.0701. The molecule has 1 aromatic heterocycles. The van der Waals surface area contributed by atoms with E-state index in [1.165, 1.54) is 0 Å². The SMILES string of the molecule is CCO[Si](CCCNC(=O)Nc1nc(NC(=O)NCCC[Si](OCC)(OCC)OCC)nc(NC(=O)NCCC[Si](OCC)(OCC)OCC)n1)(OCC)OCC. The summed E-state index contributed by atoms with van der Waals surface area (Å²) in [4.78, 5) is 51.3. The van der Waals surface area contributed by atoms with Crippen molar-refractivity contribution in [2.75, 3.05) is 95.0 Å². The molecule has 57 heavy (non-hydrogen) atoms. The normalized spacial score (nSPS) is 11.9. The maximum atomic E-state index is 12.9. The Morgan fingerprint density at radius 3 is 0.754 bits per heavy atom. The second kappa shape index (κ2) is 30.2. The van der Waals surface area contributed by atoms with Crippen LogP contribution >= 0.6 is 0 Å². The van der Waals surface area contributed by atoms with Crippen molar-refractivity contribution in [2.45, 2.75) is 99.7 Å². The van der Waals surface area contributed by atoms with E-state index in [2.05, 4.69) is 46.9 Å². The molecule has 0 atom stereocenters. The number of hydrogen-bond acceptors (Lipinski definition) is 15. The lowest BCUT2D eigenvalue weighted by Gasteiger charge is -2.28. The zero-order chi connectivity index (χ0) is 42.4. The van der Waals surface area contributed by atoms with Crippen LogP contribution in [0, 0.1) is 0 Å². The van der Waals surface area contributed by atoms with Crippen LogP contribution in [-0.4, -0.2) is 139 Å². The van der Waals surface area contributed by atoms with E-state index in [4.69, 9.17) is 39.8 Å². The topological polar surface area (TPSA) is 245 Å². The Hall–Kier alpha value is -2.89. The molecule has 1 rings (SSSR count). The van der Waals surface area contributed by atoms with Gasteiger partial charge in [0.25, 0.3) is 0 Å². The van der Waals surface area contributed by atoms with Gasteiger partial charge in [0.15, 0.2) is 0 Å². The van der Waals surface area contributed by atoms with E-state index < -0.39 is 44.5 Å². The van der Waals surface area contributed by atoms with E-state index in [0.717, 1.165) is 0 Å². The maximum Gasteiger partial charge on any atom is 0.500 e. The predicted octanol–water partition coefficient (Wildman–Crippen LogP) is 4.55. The molecule has 0 spiro atoms. The molecule has 0 radical (unpaired) electrons. The highest BCUT2D eigenvalue weighted by Gasteiger charge is 2.41. The Bertz CT molecular complexity index is 1070. The zero-order valence-electron chi connectivity index (χ0n) is 35.5. The van der Waals surface area contributed by atoms with Gasteiger partial charge in [-0.15, -0.1) is 0 Å². The van der Waals surface area contributed by atoms with Crippen LogP contribution in [0.2, 0.25) is 18.1 Å². The third kappa shape index (κ3) is 21.1. The quantitative estimate of drug-likeness (QED) is 0.0419. The monoisotopic (exact) mass is 867 g/mol. The number of hydrogen-bond donors (Lipinski definition) is 6. The Balaban J connectivity index is 3.03. The van der Waals surface area contributed by atoms with Crippen LogP contribution < -0.4 is 31.9 Å². The number of carbonyl (C=O) groups is 3. The Kier molecular flexibility index (Phi) is 27.6. The van der Waals surface area contributed by atoms with Crippen LogP contribution in [0.4, 0.5) is 32.2 Å². The first-order valence-electron chi connectivity index (χ1n) is 20.1. The highest BCUT2D eigenvalue weighted by atomic mass is 28.4. The summed E-state index contributed by atoms with van der Waals surface area (Å²) in [6, 6.07) is -0.379. The van der Waals surface area contributed by atoms with Crippen molar-refractivity contribution in [1.82, 2.24) is 30.9 Å². The summed E-state index contributed by atoms with van der Waals surface area (Å²) in [6.45, 7) is 21.7. The standard InChI is InChI=1S/C33H69N9O12Si3/c1-10-46-55(47-11-2,48-12-3)25-19-22-34-31(43)40-28-37-29(41-32(44)35-23-20-26-56(49-13-4,50-14-5)51-15-6)39-30(38-28)42-33(45)36-24-21-27-57(52-16-7,53-17-8)54-18-9/h10-27H2,1-9H3,(H6,34,35,36,37,38,39,40,41,42,43,44,45). The molecule has 0 unspecified atom stereocenters. The smallest absolute Gasteiger partial charge is 0.374 e. The molecule has 21 nitrogen and oxygen atoms in total. The summed E-state index contributed by atoms with van der Waals surface area (Å²) >= 11 is 0. The molecule has 1 heterocycles. The van der Waals surface area contributed by atoms with Crippen molar-refractivity contribution in [3.8, 4) is 0 Å². The minimum atomic E-state index is -2.89. The summed E-state index contributed by atoms with van der Waals surface area (Å²) in [5.41, 5.74) is 0. The lowest BCUT2D eigenvalue weighted by Crippen LogP contribution is -2.46. The zero-order valence-corrected chi connectivity index (χ0v) is 38.5. The van der Waals surface area contributed by atoms with E-state index in [0.29, 0.717) is 96.9 Å². The van der Waals surface area contributed by atoms with Gasteiger partial charge in [0.05, 0.1) is 0 Å². The summed E-state index contributed by atoms with van der Waals surface area (Å²) in [6.07, 6.45) is 1.55. The molecule has 1 aromatic rings. The first-order chi connectivity index (χ1) is 27.5. The number of nitrogens with zero attached hydrogens (tertiary/aromatic N) is 3. The molecule has 0 saturated carbocycles. The second-order valence-electron chi connectivity index (χ2n) is 11.7. The van der Waals surface area contributed by atoms with Crippen molar-refractivity contribution in [3.63, 3.8) is 0 Å². The number of rotatable bonds is 33. The van der Waals surface area contributed by atoms with Gasteiger partial charge in [-0.1, -0.05) is 0 Å². The van der Waals surface area contributed by atoms with Gasteiger partial charge in [-0.3, -0.25) is 16.0 Å². The van der Waals surface area contributed by atoms with Crippen LogP contribution in [0.1, 0.15) is 81.6 Å². The molecule has 330 valence electrons. The molecule has 0 aliphatic carbocycles. The van der Waals surface area contributed by atoms with Crippen LogP contribution in [0.15, 0.2) is 0 Å². The Labute approximate surface area is 341 Å². The third-order valence-corrected chi connectivity index (χ3v) is 16.9. The van der Waals surface area contributed by atoms with Crippen molar-refractivity contribution in [1.29, 1.82) is 0 Å². The molecular weight excluding hydrogens is 799 g/mol. The van der Waals surface area contributed by atoms with Gasteiger partial charge in [0.1, 0.15) is 0 Å². The number of aromatic nitrogens is 3. The van der Waals surface area contributed by atoms with Crippen LogP contribution in [0.5, 0.6) is 0 Å². The molecule has 0 aromatic carbocycles. The summed E-state index contributed by atoms with van der Waals surface area (Å²) in [5.74, 6) is -0.676. The van der Waals surface area contributed by atoms with E-state index in [-0.39, 0.29) is 37.5 Å². The number of amides is 6. The largest absolute Gasteiger partial charge is 0.500 e. The van der Waals surface area contributed by atoms with Gasteiger partial charge < -0.3 is 55.8 Å². The number of anilines is 3. The average Bonchev–Trinajstić information content (AvgIpc) is 3.15. The maximum absolute atomic E-state index is 12.9. The Morgan fingerprint density at radius 2 is 0.579 bits per heavy atom. The lowest BCUT2D eigenvalue weighted by atomic mass is 10.5. The fourth-order valence-electron chi connectivity index (χ4n) is 5.51. The summed E-state index contributed by atoms with van der Waals surface area (Å²) in [7, 11) is -8.66. The molecule has 0 fully saturated rings. The first kappa shape index (κ1) is 52.1. The highest BCUT2D eigenvalue weighted by molar-refractivity contribution is 6.61. The fraction of sp³-hybridized carbons (Fsp3) is 0.818. The average molecular weight is 868 g/mol. The second-order valence-corrected chi connectivity index (χ2v) is 19.9. The van der Waals surface area contributed by atoms with Crippen molar-refractivity contribution in [3.05, 3.63) is 0 Å². The van der Waals surface area contributed by atoms with E-state index in [1.807, 2.05) is 62.3 Å². The van der Waals surface area contributed by atoms with E-state index in [1.54, 1.807) is 0 Å². The number of urea groups is 3.